The largest absolute Gasteiger partial charge is 0.233 e. The van der Waals surface area contributed by atoms with Crippen molar-refractivity contribution < 1.29 is 36.2 Å². The molecule has 0 saturated heterocycles. The summed E-state index contributed by atoms with van der Waals surface area (Å²) in [7, 11) is -1.28. The van der Waals surface area contributed by atoms with Crippen LogP contribution in [-0.2, 0) is 36.2 Å². The van der Waals surface area contributed by atoms with Gasteiger partial charge in [0, 0.05) is 22.4 Å². The van der Waals surface area contributed by atoms with Crippen molar-refractivity contribution >= 4 is 47.6 Å². The predicted molar refractivity (Wildman–Crippen MR) is 103 cm³/mol. The van der Waals surface area contributed by atoms with Gasteiger partial charge in [0.05, 0.1) is 20.9 Å². The van der Waals surface area contributed by atoms with Crippen LogP contribution in [0.1, 0.15) is 0 Å². The summed E-state index contributed by atoms with van der Waals surface area (Å²) in [4.78, 5) is 45.8. The van der Waals surface area contributed by atoms with E-state index >= 15 is 0 Å². The van der Waals surface area contributed by atoms with Gasteiger partial charge in [-0.15, -0.1) is 0 Å². The Morgan fingerprint density at radius 3 is 1.43 bits per heavy atom. The Morgan fingerprint density at radius 2 is 1.04 bits per heavy atom. The molecule has 3 rings (SSSR count). The van der Waals surface area contributed by atoms with Gasteiger partial charge in [-0.2, -0.15) is 0 Å². The number of rotatable bonds is 3. The van der Waals surface area contributed by atoms with Gasteiger partial charge in [-0.1, -0.05) is 60.7 Å². The second kappa shape index (κ2) is 9.75. The Bertz CT molecular complexity index is 1290. The van der Waals surface area contributed by atoms with Crippen molar-refractivity contribution in [2.24, 2.45) is 0 Å². The zero-order valence-electron chi connectivity index (χ0n) is 14.3. The predicted octanol–water partition coefficient (Wildman–Crippen LogP) is -2.54. The molecule has 0 unspecified atom stereocenters. The summed E-state index contributed by atoms with van der Waals surface area (Å²) in [5, 5.41) is 1.41. The summed E-state index contributed by atoms with van der Waals surface area (Å²) in [5.41, 5.74) is 0. The van der Waals surface area contributed by atoms with Crippen molar-refractivity contribution in [1.29, 1.82) is 0 Å². The van der Waals surface area contributed by atoms with Crippen LogP contribution in [0, 0.1) is 0 Å². The molecule has 3 aromatic rings. The quantitative estimate of drug-likeness (QED) is 0.343. The molecule has 0 spiro atoms. The van der Waals surface area contributed by atoms with E-state index < -0.39 is 7.92 Å². The minimum Gasteiger partial charge on any atom is -0.233 e. The van der Waals surface area contributed by atoms with Gasteiger partial charge in [0.15, 0.2) is 0 Å². The molecule has 0 N–H and O–H groups in total. The average molecular weight is 425 g/mol. The third-order valence-corrected chi connectivity index (χ3v) is 6.46. The fourth-order valence-electron chi connectivity index (χ4n) is 2.82. The first-order chi connectivity index (χ1) is 13.2. The minimum atomic E-state index is -1.28. The maximum Gasteiger partial charge on any atom is 0.135 e. The van der Waals surface area contributed by atoms with E-state index in [0.29, 0.717) is 5.30 Å². The zero-order chi connectivity index (χ0) is 19.2. The van der Waals surface area contributed by atoms with E-state index in [1.165, 1.54) is 12.0 Å². The van der Waals surface area contributed by atoms with E-state index in [4.69, 9.17) is 0 Å². The summed E-state index contributed by atoms with van der Waals surface area (Å²) in [6, 6.07) is 20.2. The first-order valence-corrected chi connectivity index (χ1v) is 9.23. The molecule has 0 bridgehead atoms. The summed E-state index contributed by atoms with van der Waals surface area (Å²) < 4.78 is 0. The molecule has 6 heteroatoms. The molecule has 0 amide bonds. The number of benzene rings is 3. The smallest absolute Gasteiger partial charge is 0.135 e. The molecule has 3 aromatic carbocycles. The number of hydrogen-bond acceptors (Lipinski definition) is 4. The summed E-state index contributed by atoms with van der Waals surface area (Å²) >= 11 is 0. The van der Waals surface area contributed by atoms with Gasteiger partial charge >= 0.3 is 0 Å². The van der Waals surface area contributed by atoms with Crippen LogP contribution >= 0.6 is 7.92 Å². The Balaban J connectivity index is 0.00000280. The summed E-state index contributed by atoms with van der Waals surface area (Å²) in [6.45, 7) is 0. The second-order valence-corrected chi connectivity index (χ2v) is 7.67. The molecular weight excluding hydrogens is 414 g/mol. The Morgan fingerprint density at radius 1 is 0.571 bits per heavy atom. The van der Waals surface area contributed by atoms with Gasteiger partial charge in [-0.25, -0.2) is 19.2 Å². The molecule has 0 aliphatic carbocycles. The molecular formula is C22H11MnO4P. The van der Waals surface area contributed by atoms with E-state index in [1.54, 1.807) is 17.8 Å². The van der Waals surface area contributed by atoms with Crippen LogP contribution in [0.4, 0.5) is 0 Å². The molecule has 0 aliphatic heterocycles. The molecule has 0 heterocycles. The topological polar surface area (TPSA) is 68.3 Å². The van der Waals surface area contributed by atoms with Crippen LogP contribution in [0.25, 0.3) is 0 Å². The minimum absolute atomic E-state index is 0. The molecule has 28 heavy (non-hydrogen) atoms. The third-order valence-electron chi connectivity index (χ3n) is 3.99. The van der Waals surface area contributed by atoms with E-state index in [9.17, 15) is 19.2 Å². The second-order valence-electron chi connectivity index (χ2n) is 5.48. The van der Waals surface area contributed by atoms with Crippen molar-refractivity contribution in [3.8, 4) is 0 Å². The molecule has 0 fully saturated rings. The normalized spacial score (nSPS) is 9.46. The van der Waals surface area contributed by atoms with Crippen molar-refractivity contribution in [1.82, 2.24) is 0 Å². The van der Waals surface area contributed by atoms with Crippen molar-refractivity contribution in [2.45, 2.75) is 0 Å². The van der Waals surface area contributed by atoms with Crippen molar-refractivity contribution in [2.75, 3.05) is 0 Å². The maximum atomic E-state index is 11.7. The van der Waals surface area contributed by atoms with Gasteiger partial charge in [-0.3, -0.25) is 0 Å². The van der Waals surface area contributed by atoms with Crippen LogP contribution in [-0.4, -0.2) is 23.8 Å². The van der Waals surface area contributed by atoms with Gasteiger partial charge in [0.1, 0.15) is 23.8 Å². The standard InChI is InChI=1S/C22H11O4P.Mn/c23-12-16-11-22(21(15-26)20(14-25)19(16)13-24)27(17-7-3-1-4-8-17)18-9-5-2-6-10-18;/h1-11H;. The first-order valence-electron chi connectivity index (χ1n) is 7.89. The SMILES string of the molecule is O=C=c1cc(P(c2ccccc2)c2ccccc2)c(=C=O)c(=C=O)c1=C=O.[Mn]. The Labute approximate surface area is 171 Å². The maximum absolute atomic E-state index is 11.7. The van der Waals surface area contributed by atoms with E-state index in [-0.39, 0.29) is 37.9 Å². The van der Waals surface area contributed by atoms with Gasteiger partial charge < -0.3 is 0 Å². The summed E-state index contributed by atoms with van der Waals surface area (Å²) in [5.74, 6) is 6.55. The third kappa shape index (κ3) is 3.94. The molecule has 0 aliphatic rings. The van der Waals surface area contributed by atoms with Gasteiger partial charge in [0.25, 0.3) is 0 Å². The molecule has 4 nitrogen and oxygen atoms in total. The fraction of sp³-hybridized carbons (Fsp3) is 0. The van der Waals surface area contributed by atoms with Crippen LogP contribution in [0.15, 0.2) is 66.7 Å². The van der Waals surface area contributed by atoms with Crippen molar-refractivity contribution in [3.63, 3.8) is 0 Å². The first kappa shape index (κ1) is 21.2. The van der Waals surface area contributed by atoms with Crippen LogP contribution < -0.4 is 36.8 Å². The Kier molecular flexibility index (Phi) is 7.39. The van der Waals surface area contributed by atoms with Crippen LogP contribution in [0.3, 0.4) is 0 Å². The van der Waals surface area contributed by atoms with Crippen LogP contribution in [0.2, 0.25) is 0 Å². The van der Waals surface area contributed by atoms with Crippen LogP contribution in [0.5, 0.6) is 0 Å². The monoisotopic (exact) mass is 425 g/mol. The number of hydrogen-bond donors (Lipinski definition) is 0. The molecule has 0 saturated carbocycles. The molecule has 0 aromatic heterocycles. The summed E-state index contributed by atoms with van der Waals surface area (Å²) in [6.07, 6.45) is 0. The molecule has 0 atom stereocenters. The number of carbonyl (C=O) groups excluding carboxylic acids is 4. The average Bonchev–Trinajstić information content (AvgIpc) is 2.74. The van der Waals surface area contributed by atoms with Gasteiger partial charge in [-0.05, 0) is 24.6 Å². The van der Waals surface area contributed by atoms with Gasteiger partial charge in [0.2, 0.25) is 0 Å². The molecule has 1 radical (unpaired) electrons. The van der Waals surface area contributed by atoms with E-state index in [2.05, 4.69) is 0 Å². The Hall–Kier alpha value is -3.07. The molecule has 135 valence electrons. The van der Waals surface area contributed by atoms with Crippen molar-refractivity contribution in [3.05, 3.63) is 87.6 Å². The zero-order valence-corrected chi connectivity index (χ0v) is 16.4. The van der Waals surface area contributed by atoms with E-state index in [0.717, 1.165) is 10.6 Å². The fourth-order valence-corrected chi connectivity index (χ4v) is 5.25. The van der Waals surface area contributed by atoms with E-state index in [1.807, 2.05) is 60.7 Å².